The van der Waals surface area contributed by atoms with Gasteiger partial charge >= 0.3 is 5.97 Å². The van der Waals surface area contributed by atoms with Crippen LogP contribution in [0.2, 0.25) is 0 Å². The second-order valence-corrected chi connectivity index (χ2v) is 8.30. The average molecular weight is 363 g/mol. The minimum absolute atomic E-state index is 0.242. The third kappa shape index (κ3) is 5.20. The molecule has 0 aromatic carbocycles. The summed E-state index contributed by atoms with van der Waals surface area (Å²) in [6, 6.07) is 0. The number of aliphatic hydroxyl groups is 1. The molecule has 4 heteroatoms. The van der Waals surface area contributed by atoms with Gasteiger partial charge in [0.1, 0.15) is 0 Å². The minimum Gasteiger partial charge on any atom is -0.481 e. The van der Waals surface area contributed by atoms with Gasteiger partial charge in [0.15, 0.2) is 0 Å². The standard InChI is InChI=1S/C22H34O4/c23-19(16-8-4-3-5-9-16)13-12-18-17(20-14-15-21(18)26-20)10-6-1-2-7-11-22(24)25/h1,6,12-13,16-21,23H,2-5,7-11,14-15H2,(H,24,25)/b6-1-,13-12+/t17-,18+,19+,20-,21+/m0/s1. The molecule has 0 amide bonds. The Kier molecular flexibility index (Phi) is 7.32. The molecular weight excluding hydrogens is 328 g/mol. The summed E-state index contributed by atoms with van der Waals surface area (Å²) in [4.78, 5) is 10.5. The zero-order valence-corrected chi connectivity index (χ0v) is 15.8. The van der Waals surface area contributed by atoms with Gasteiger partial charge in [-0.3, -0.25) is 4.79 Å². The van der Waals surface area contributed by atoms with Crippen molar-refractivity contribution in [3.05, 3.63) is 24.3 Å². The number of hydrogen-bond donors (Lipinski definition) is 2. The maximum Gasteiger partial charge on any atom is 0.303 e. The zero-order chi connectivity index (χ0) is 18.4. The molecule has 26 heavy (non-hydrogen) atoms. The van der Waals surface area contributed by atoms with Crippen LogP contribution in [0.5, 0.6) is 0 Å². The molecule has 4 nitrogen and oxygen atoms in total. The molecule has 2 aliphatic heterocycles. The molecule has 0 aromatic heterocycles. The summed E-state index contributed by atoms with van der Waals surface area (Å²) in [6.07, 6.45) is 20.2. The lowest BCUT2D eigenvalue weighted by Gasteiger charge is -2.27. The number of ether oxygens (including phenoxy) is 1. The molecule has 0 spiro atoms. The summed E-state index contributed by atoms with van der Waals surface area (Å²) in [5, 5.41) is 19.2. The van der Waals surface area contributed by atoms with Gasteiger partial charge in [0.05, 0.1) is 18.3 Å². The molecule has 0 unspecified atom stereocenters. The van der Waals surface area contributed by atoms with Crippen LogP contribution in [0, 0.1) is 17.8 Å². The normalized spacial score (nSPS) is 33.4. The van der Waals surface area contributed by atoms with E-state index in [0.29, 0.717) is 36.4 Å². The Labute approximate surface area is 157 Å². The maximum absolute atomic E-state index is 10.5. The quantitative estimate of drug-likeness (QED) is 0.469. The van der Waals surface area contributed by atoms with Crippen molar-refractivity contribution in [3.63, 3.8) is 0 Å². The van der Waals surface area contributed by atoms with Crippen molar-refractivity contribution in [1.82, 2.24) is 0 Å². The molecule has 3 aliphatic rings. The van der Waals surface area contributed by atoms with Gasteiger partial charge < -0.3 is 14.9 Å². The highest BCUT2D eigenvalue weighted by Crippen LogP contribution is 2.46. The first kappa shape index (κ1) is 19.6. The Bertz CT molecular complexity index is 506. The number of unbranched alkanes of at least 4 members (excludes halogenated alkanes) is 1. The van der Waals surface area contributed by atoms with E-state index in [1.54, 1.807) is 0 Å². The van der Waals surface area contributed by atoms with Crippen LogP contribution < -0.4 is 0 Å². The Morgan fingerprint density at radius 1 is 1.08 bits per heavy atom. The highest BCUT2D eigenvalue weighted by molar-refractivity contribution is 5.66. The van der Waals surface area contributed by atoms with Gasteiger partial charge in [0, 0.05) is 12.3 Å². The van der Waals surface area contributed by atoms with Crippen molar-refractivity contribution >= 4 is 5.97 Å². The largest absolute Gasteiger partial charge is 0.481 e. The third-order valence-electron chi connectivity index (χ3n) is 6.49. The van der Waals surface area contributed by atoms with Crippen LogP contribution in [0.4, 0.5) is 0 Å². The van der Waals surface area contributed by atoms with E-state index in [9.17, 15) is 9.90 Å². The van der Waals surface area contributed by atoms with Crippen LogP contribution >= 0.6 is 0 Å². The van der Waals surface area contributed by atoms with E-state index in [-0.39, 0.29) is 12.5 Å². The minimum atomic E-state index is -0.721. The van der Waals surface area contributed by atoms with E-state index in [2.05, 4.69) is 18.2 Å². The summed E-state index contributed by atoms with van der Waals surface area (Å²) >= 11 is 0. The first-order valence-electron chi connectivity index (χ1n) is 10.5. The van der Waals surface area contributed by atoms with Crippen molar-refractivity contribution in [2.24, 2.45) is 17.8 Å². The van der Waals surface area contributed by atoms with Gasteiger partial charge in [-0.05, 0) is 56.8 Å². The van der Waals surface area contributed by atoms with Crippen LogP contribution in [0.25, 0.3) is 0 Å². The monoisotopic (exact) mass is 362 g/mol. The predicted molar refractivity (Wildman–Crippen MR) is 102 cm³/mol. The summed E-state index contributed by atoms with van der Waals surface area (Å²) < 4.78 is 6.14. The SMILES string of the molecule is O=C(O)CCC/C=C\C[C@H]1[C@@H](/C=C/[C@@H](O)C2CCCCC2)[C@H]2CC[C@@H]1O2. The molecular formula is C22H34O4. The van der Waals surface area contributed by atoms with Crippen molar-refractivity contribution in [2.75, 3.05) is 0 Å². The number of fused-ring (bicyclic) bond motifs is 2. The van der Waals surface area contributed by atoms with Gasteiger partial charge in [0.25, 0.3) is 0 Å². The number of hydrogen-bond acceptors (Lipinski definition) is 3. The molecule has 2 bridgehead atoms. The molecule has 1 saturated carbocycles. The van der Waals surface area contributed by atoms with Crippen molar-refractivity contribution in [3.8, 4) is 0 Å². The van der Waals surface area contributed by atoms with Crippen molar-refractivity contribution in [2.45, 2.75) is 88.9 Å². The van der Waals surface area contributed by atoms with Gasteiger partial charge in [-0.25, -0.2) is 0 Å². The first-order valence-corrected chi connectivity index (χ1v) is 10.5. The zero-order valence-electron chi connectivity index (χ0n) is 15.8. The van der Waals surface area contributed by atoms with Crippen LogP contribution in [-0.4, -0.2) is 34.5 Å². The molecule has 2 saturated heterocycles. The van der Waals surface area contributed by atoms with E-state index in [1.807, 2.05) is 6.08 Å². The number of carbonyl (C=O) groups is 1. The Morgan fingerprint density at radius 3 is 2.62 bits per heavy atom. The number of aliphatic hydroxyl groups excluding tert-OH is 1. The molecule has 1 aliphatic carbocycles. The smallest absolute Gasteiger partial charge is 0.303 e. The fourth-order valence-electron chi connectivity index (χ4n) is 5.00. The van der Waals surface area contributed by atoms with Crippen molar-refractivity contribution in [1.29, 1.82) is 0 Å². The van der Waals surface area contributed by atoms with E-state index in [4.69, 9.17) is 9.84 Å². The average Bonchev–Trinajstić information content (AvgIpc) is 3.24. The van der Waals surface area contributed by atoms with Gasteiger partial charge in [-0.15, -0.1) is 0 Å². The summed E-state index contributed by atoms with van der Waals surface area (Å²) in [7, 11) is 0. The van der Waals surface area contributed by atoms with E-state index in [0.717, 1.165) is 38.5 Å². The summed E-state index contributed by atoms with van der Waals surface area (Å²) in [5.41, 5.74) is 0. The number of rotatable bonds is 9. The van der Waals surface area contributed by atoms with Crippen LogP contribution in [0.15, 0.2) is 24.3 Å². The predicted octanol–water partition coefficient (Wildman–Crippen LogP) is 4.48. The molecule has 2 N–H and O–H groups in total. The lowest BCUT2D eigenvalue weighted by molar-refractivity contribution is -0.137. The number of carboxylic acids is 1. The molecule has 0 aromatic rings. The van der Waals surface area contributed by atoms with Crippen LogP contribution in [-0.2, 0) is 9.53 Å². The Balaban J connectivity index is 1.49. The molecule has 0 radical (unpaired) electrons. The lowest BCUT2D eigenvalue weighted by atomic mass is 9.76. The third-order valence-corrected chi connectivity index (χ3v) is 6.49. The Hall–Kier alpha value is -1.13. The molecule has 3 fully saturated rings. The fourth-order valence-corrected chi connectivity index (χ4v) is 5.00. The van der Waals surface area contributed by atoms with E-state index >= 15 is 0 Å². The Morgan fingerprint density at radius 2 is 1.85 bits per heavy atom. The highest BCUT2D eigenvalue weighted by atomic mass is 16.5. The molecule has 2 heterocycles. The fraction of sp³-hybridized carbons (Fsp3) is 0.773. The van der Waals surface area contributed by atoms with Crippen LogP contribution in [0.3, 0.4) is 0 Å². The number of carboxylic acid groups (broad SMARTS) is 1. The second-order valence-electron chi connectivity index (χ2n) is 8.30. The lowest BCUT2D eigenvalue weighted by Crippen LogP contribution is -2.26. The molecule has 3 rings (SSSR count). The molecule has 146 valence electrons. The van der Waals surface area contributed by atoms with Crippen LogP contribution in [0.1, 0.15) is 70.6 Å². The highest BCUT2D eigenvalue weighted by Gasteiger charge is 2.46. The number of aliphatic carboxylic acids is 1. The summed E-state index contributed by atoms with van der Waals surface area (Å²) in [5.74, 6) is 0.628. The van der Waals surface area contributed by atoms with Gasteiger partial charge in [0.2, 0.25) is 0 Å². The second kappa shape index (κ2) is 9.70. The van der Waals surface area contributed by atoms with E-state index < -0.39 is 5.97 Å². The first-order chi connectivity index (χ1) is 12.6. The number of allylic oxidation sites excluding steroid dienone is 2. The van der Waals surface area contributed by atoms with Gasteiger partial charge in [-0.1, -0.05) is 43.6 Å². The maximum atomic E-state index is 10.5. The van der Waals surface area contributed by atoms with Crippen molar-refractivity contribution < 1.29 is 19.7 Å². The molecule has 5 atom stereocenters. The van der Waals surface area contributed by atoms with Gasteiger partial charge in [-0.2, -0.15) is 0 Å². The summed E-state index contributed by atoms with van der Waals surface area (Å²) in [6.45, 7) is 0. The topological polar surface area (TPSA) is 66.8 Å². The van der Waals surface area contributed by atoms with E-state index in [1.165, 1.54) is 19.3 Å².